The molecule has 1 N–H and O–H groups in total. The van der Waals surface area contributed by atoms with Gasteiger partial charge in [-0.1, -0.05) is 12.1 Å². The lowest BCUT2D eigenvalue weighted by Crippen LogP contribution is -2.50. The molecule has 0 aliphatic carbocycles. The van der Waals surface area contributed by atoms with E-state index in [4.69, 9.17) is 5.26 Å². The van der Waals surface area contributed by atoms with E-state index in [1.807, 2.05) is 0 Å². The van der Waals surface area contributed by atoms with Crippen molar-refractivity contribution < 1.29 is 62.3 Å². The Morgan fingerprint density at radius 2 is 1.51 bits per heavy atom. The Hall–Kier alpha value is -4.82. The molecule has 3 rings (SSSR count). The van der Waals surface area contributed by atoms with Crippen LogP contribution in [0.4, 0.5) is 64.1 Å². The monoisotopic (exact) mass is 628 g/mol. The number of carbonyl (C=O) groups is 2. The van der Waals surface area contributed by atoms with Gasteiger partial charge in [0.05, 0.1) is 34.1 Å². The summed E-state index contributed by atoms with van der Waals surface area (Å²) >= 11 is 0. The Morgan fingerprint density at radius 3 is 2.02 bits per heavy atom. The van der Waals surface area contributed by atoms with Crippen molar-refractivity contribution in [2.24, 2.45) is 0 Å². The smallest absolute Gasteiger partial charge is 0.321 e. The predicted molar refractivity (Wildman–Crippen MR) is 122 cm³/mol. The Kier molecular flexibility index (Phi) is 8.71. The third kappa shape index (κ3) is 6.34. The van der Waals surface area contributed by atoms with Crippen LogP contribution in [0.15, 0.2) is 54.7 Å². The van der Waals surface area contributed by atoms with E-state index in [1.54, 1.807) is 0 Å². The molecule has 0 saturated carbocycles. The molecule has 1 heterocycles. The van der Waals surface area contributed by atoms with E-state index < -0.39 is 88.5 Å². The first kappa shape index (κ1) is 32.7. The largest absolute Gasteiger partial charge is 0.435 e. The molecule has 2 amide bonds. The van der Waals surface area contributed by atoms with Crippen molar-refractivity contribution in [3.05, 3.63) is 88.7 Å². The van der Waals surface area contributed by atoms with Crippen molar-refractivity contribution in [3.8, 4) is 6.07 Å². The minimum atomic E-state index is -6.74. The van der Waals surface area contributed by atoms with Gasteiger partial charge in [0.1, 0.15) is 6.54 Å². The van der Waals surface area contributed by atoms with Crippen LogP contribution in [0, 0.1) is 23.1 Å². The maximum absolute atomic E-state index is 15.4. The molecule has 0 radical (unpaired) electrons. The van der Waals surface area contributed by atoms with E-state index in [0.717, 1.165) is 30.5 Å². The number of benzene rings is 2. The van der Waals surface area contributed by atoms with Crippen LogP contribution >= 0.6 is 0 Å². The Bertz CT molecular complexity index is 1560. The van der Waals surface area contributed by atoms with Crippen LogP contribution in [-0.2, 0) is 11.8 Å². The molecule has 0 spiro atoms. The highest BCUT2D eigenvalue weighted by Gasteiger charge is 2.73. The van der Waals surface area contributed by atoms with E-state index in [9.17, 15) is 57.9 Å². The first-order chi connectivity index (χ1) is 19.7. The number of alkyl halides is 10. The molecular weight excluding hydrogens is 616 g/mol. The molecule has 228 valence electrons. The molecule has 3 aromatic rings. The Balaban J connectivity index is 2.06. The number of rotatable bonds is 6. The van der Waals surface area contributed by atoms with Gasteiger partial charge in [-0.15, -0.1) is 0 Å². The van der Waals surface area contributed by atoms with Gasteiger partial charge in [0.2, 0.25) is 5.95 Å². The quantitative estimate of drug-likeness (QED) is 0.180. The molecular formula is C25H12F12N4O2. The van der Waals surface area contributed by atoms with Crippen molar-refractivity contribution in [1.82, 2.24) is 4.98 Å². The molecule has 43 heavy (non-hydrogen) atoms. The number of carbonyl (C=O) groups excluding carboxylic acids is 2. The lowest BCUT2D eigenvalue weighted by Gasteiger charge is -2.31. The topological polar surface area (TPSA) is 86.1 Å². The van der Waals surface area contributed by atoms with E-state index in [-0.39, 0.29) is 17.7 Å². The van der Waals surface area contributed by atoms with Crippen LogP contribution in [0.1, 0.15) is 31.8 Å². The van der Waals surface area contributed by atoms with Crippen LogP contribution in [0.5, 0.6) is 0 Å². The van der Waals surface area contributed by atoms with Gasteiger partial charge in [-0.05, 0) is 36.4 Å². The van der Waals surface area contributed by atoms with Gasteiger partial charge in [0, 0.05) is 11.8 Å². The zero-order valence-corrected chi connectivity index (χ0v) is 20.6. The summed E-state index contributed by atoms with van der Waals surface area (Å²) in [6.45, 7) is -0.860. The van der Waals surface area contributed by atoms with Crippen LogP contribution in [0.25, 0.3) is 0 Å². The normalized spacial score (nSPS) is 12.4. The number of hydrogen-bond donors (Lipinski definition) is 1. The van der Waals surface area contributed by atoms with Crippen LogP contribution < -0.4 is 10.2 Å². The summed E-state index contributed by atoms with van der Waals surface area (Å²) in [6.07, 6.45) is -18.5. The molecule has 0 saturated heterocycles. The molecule has 2 aromatic carbocycles. The Morgan fingerprint density at radius 1 is 0.884 bits per heavy atom. The van der Waals surface area contributed by atoms with Gasteiger partial charge in [0.25, 0.3) is 11.8 Å². The van der Waals surface area contributed by atoms with Crippen LogP contribution in [0.2, 0.25) is 0 Å². The second-order valence-electron chi connectivity index (χ2n) is 8.42. The van der Waals surface area contributed by atoms with Gasteiger partial charge in [-0.2, -0.15) is 49.2 Å². The number of halogens is 12. The van der Waals surface area contributed by atoms with Crippen LogP contribution in [-0.4, -0.2) is 35.7 Å². The second kappa shape index (κ2) is 11.5. The zero-order chi connectivity index (χ0) is 32.5. The summed E-state index contributed by atoms with van der Waals surface area (Å²) in [5.41, 5.74) is -14.7. The molecule has 0 aliphatic heterocycles. The third-order valence-corrected chi connectivity index (χ3v) is 5.71. The van der Waals surface area contributed by atoms with Crippen molar-refractivity contribution in [3.63, 3.8) is 0 Å². The second-order valence-corrected chi connectivity index (χ2v) is 8.42. The SMILES string of the molecule is N#CCN(C(=O)c1ccc(F)nc1)c1cccc(C(=O)Nc2ccc(C(F)(C(F)(F)F)C(F)(F)F)cc2C(F)(F)F)c1F. The van der Waals surface area contributed by atoms with E-state index in [2.05, 4.69) is 4.98 Å². The standard InChI is InChI=1S/C25H12F12N4O2/c26-18-7-4-12(11-39-18)21(43)41(9-8-38)17-3-1-2-14(19(17)27)20(42)40-16-6-5-13(10-15(16)23(29,30)31)22(28,24(32,33)34)25(35,36)37/h1-7,10-11H,9H2,(H,40,42). The maximum atomic E-state index is 15.4. The van der Waals surface area contributed by atoms with E-state index >= 15 is 4.39 Å². The number of aromatic nitrogens is 1. The predicted octanol–water partition coefficient (Wildman–Crippen LogP) is 7.09. The lowest BCUT2D eigenvalue weighted by atomic mass is 9.92. The first-order valence-corrected chi connectivity index (χ1v) is 11.2. The lowest BCUT2D eigenvalue weighted by molar-refractivity contribution is -0.348. The van der Waals surface area contributed by atoms with E-state index in [0.29, 0.717) is 11.0 Å². The van der Waals surface area contributed by atoms with Gasteiger partial charge in [-0.25, -0.2) is 13.8 Å². The van der Waals surface area contributed by atoms with Crippen molar-refractivity contribution in [1.29, 1.82) is 5.26 Å². The van der Waals surface area contributed by atoms with Crippen molar-refractivity contribution in [2.75, 3.05) is 16.8 Å². The van der Waals surface area contributed by atoms with Gasteiger partial charge in [-0.3, -0.25) is 14.5 Å². The highest BCUT2D eigenvalue weighted by atomic mass is 19.4. The van der Waals surface area contributed by atoms with Crippen molar-refractivity contribution >= 4 is 23.2 Å². The fraction of sp³-hybridized carbons (Fsp3) is 0.200. The molecule has 18 heteroatoms. The van der Waals surface area contributed by atoms with Crippen LogP contribution in [0.3, 0.4) is 0 Å². The first-order valence-electron chi connectivity index (χ1n) is 11.2. The highest BCUT2D eigenvalue weighted by Crippen LogP contribution is 2.54. The molecule has 0 aliphatic rings. The number of pyridine rings is 1. The summed E-state index contributed by atoms with van der Waals surface area (Å²) in [6, 6.07) is 4.53. The number of hydrogen-bond acceptors (Lipinski definition) is 4. The van der Waals surface area contributed by atoms with E-state index in [1.165, 1.54) is 11.4 Å². The molecule has 0 unspecified atom stereocenters. The third-order valence-electron chi connectivity index (χ3n) is 5.71. The highest BCUT2D eigenvalue weighted by molar-refractivity contribution is 6.09. The average Bonchev–Trinajstić information content (AvgIpc) is 2.90. The number of anilines is 2. The fourth-order valence-corrected chi connectivity index (χ4v) is 3.68. The number of nitrogens with zero attached hydrogens (tertiary/aromatic N) is 3. The number of amides is 2. The Labute approximate surface area is 232 Å². The summed E-state index contributed by atoms with van der Waals surface area (Å²) in [5, 5.41) is 10.6. The molecule has 6 nitrogen and oxygen atoms in total. The summed E-state index contributed by atoms with van der Waals surface area (Å²) < 4.78 is 162. The summed E-state index contributed by atoms with van der Waals surface area (Å²) in [5.74, 6) is -5.44. The summed E-state index contributed by atoms with van der Waals surface area (Å²) in [7, 11) is 0. The molecule has 1 aromatic heterocycles. The fourth-order valence-electron chi connectivity index (χ4n) is 3.68. The van der Waals surface area contributed by atoms with Gasteiger partial charge in [0.15, 0.2) is 5.82 Å². The maximum Gasteiger partial charge on any atom is 0.435 e. The number of nitriles is 1. The molecule has 0 atom stereocenters. The molecule has 0 bridgehead atoms. The van der Waals surface area contributed by atoms with Gasteiger partial charge >= 0.3 is 24.2 Å². The minimum absolute atomic E-state index is 0.0866. The van der Waals surface area contributed by atoms with Gasteiger partial charge < -0.3 is 5.32 Å². The zero-order valence-electron chi connectivity index (χ0n) is 20.6. The molecule has 0 fully saturated rings. The van der Waals surface area contributed by atoms with Crippen molar-refractivity contribution in [2.45, 2.75) is 24.2 Å². The summed E-state index contributed by atoms with van der Waals surface area (Å²) in [4.78, 5) is 29.3. The average molecular weight is 628 g/mol. The minimum Gasteiger partial charge on any atom is -0.321 e. The number of nitrogens with one attached hydrogen (secondary N) is 1.